The molecule has 0 atom stereocenters. The van der Waals surface area contributed by atoms with E-state index in [1.807, 2.05) is 0 Å². The van der Waals surface area contributed by atoms with Crippen LogP contribution in [0.25, 0.3) is 33.4 Å². The van der Waals surface area contributed by atoms with Gasteiger partial charge in [0.25, 0.3) is 0 Å². The Morgan fingerprint density at radius 3 is 1.18 bits per heavy atom. The van der Waals surface area contributed by atoms with Gasteiger partial charge in [0.05, 0.1) is 0 Å². The molecule has 0 radical (unpaired) electrons. The molecule has 0 fully saturated rings. The minimum atomic E-state index is 1.18. The fraction of sp³-hybridized carbons (Fsp3) is 0.105. The molecule has 0 spiro atoms. The average Bonchev–Trinajstić information content (AvgIpc) is 3.35. The van der Waals surface area contributed by atoms with Crippen LogP contribution in [0.1, 0.15) is 22.3 Å². The molecule has 0 aliphatic heterocycles. The van der Waals surface area contributed by atoms with Crippen LogP contribution in [0.5, 0.6) is 0 Å². The average molecular weight is 519 g/mol. The van der Waals surface area contributed by atoms with E-state index in [1.54, 1.807) is 0 Å². The molecule has 0 aromatic heterocycles. The van der Waals surface area contributed by atoms with E-state index in [4.69, 9.17) is 0 Å². The maximum Gasteiger partial charge on any atom is 0.0361 e. The summed E-state index contributed by atoms with van der Waals surface area (Å²) < 4.78 is 0. The van der Waals surface area contributed by atoms with E-state index in [9.17, 15) is 0 Å². The van der Waals surface area contributed by atoms with Gasteiger partial charge in [0, 0.05) is 39.6 Å². The smallest absolute Gasteiger partial charge is 0.0361 e. The Morgan fingerprint density at radius 1 is 0.375 bits per heavy atom. The number of anilines is 2. The molecule has 196 valence electrons. The SMILES string of the molecule is CN(C)c1ccc(C(=C(c2ccc3cccccc2-3)c2ccc3cccccc2-3)c2ccc(N(C)C)cc2)cc1. The zero-order valence-corrected chi connectivity index (χ0v) is 23.6. The molecule has 4 aliphatic rings. The van der Waals surface area contributed by atoms with Crippen molar-refractivity contribution < 1.29 is 0 Å². The molecule has 2 aromatic carbocycles. The summed E-state index contributed by atoms with van der Waals surface area (Å²) in [6.07, 6.45) is 0. The van der Waals surface area contributed by atoms with Crippen LogP contribution in [0.4, 0.5) is 11.4 Å². The summed E-state index contributed by atoms with van der Waals surface area (Å²) in [6, 6.07) is 48.6. The van der Waals surface area contributed by atoms with Crippen LogP contribution < -0.4 is 9.80 Å². The van der Waals surface area contributed by atoms with Gasteiger partial charge in [-0.05, 0) is 79.9 Å². The molecular weight excluding hydrogens is 484 g/mol. The number of benzene rings is 2. The normalized spacial score (nSPS) is 11.0. The third-order valence-corrected chi connectivity index (χ3v) is 7.72. The quantitative estimate of drug-likeness (QED) is 0.217. The van der Waals surface area contributed by atoms with Gasteiger partial charge in [-0.25, -0.2) is 0 Å². The third kappa shape index (κ3) is 4.74. The number of rotatable bonds is 6. The van der Waals surface area contributed by atoms with E-state index in [0.29, 0.717) is 0 Å². The fourth-order valence-electron chi connectivity index (χ4n) is 5.59. The summed E-state index contributed by atoms with van der Waals surface area (Å²) in [5, 5.41) is 0. The van der Waals surface area contributed by atoms with Gasteiger partial charge in [-0.3, -0.25) is 0 Å². The molecule has 0 unspecified atom stereocenters. The topological polar surface area (TPSA) is 6.48 Å². The molecule has 0 bridgehead atoms. The first-order valence-electron chi connectivity index (χ1n) is 13.8. The van der Waals surface area contributed by atoms with Crippen molar-refractivity contribution in [1.82, 2.24) is 0 Å². The van der Waals surface area contributed by atoms with E-state index in [1.165, 1.54) is 67.0 Å². The lowest BCUT2D eigenvalue weighted by molar-refractivity contribution is 1.13. The number of fused-ring (bicyclic) bond motifs is 2. The van der Waals surface area contributed by atoms with Crippen molar-refractivity contribution in [3.8, 4) is 22.3 Å². The molecule has 2 aromatic rings. The van der Waals surface area contributed by atoms with Crippen LogP contribution in [-0.4, -0.2) is 28.2 Å². The van der Waals surface area contributed by atoms with E-state index < -0.39 is 0 Å². The molecule has 0 heterocycles. The highest BCUT2D eigenvalue weighted by Gasteiger charge is 2.23. The molecule has 6 rings (SSSR count). The minimum absolute atomic E-state index is 1.18. The van der Waals surface area contributed by atoms with Crippen molar-refractivity contribution in [2.75, 3.05) is 38.0 Å². The monoisotopic (exact) mass is 518 g/mol. The van der Waals surface area contributed by atoms with Crippen LogP contribution >= 0.6 is 0 Å². The lowest BCUT2D eigenvalue weighted by Crippen LogP contribution is -2.09. The van der Waals surface area contributed by atoms with Crippen LogP contribution in [0, 0.1) is 0 Å². The second-order valence-corrected chi connectivity index (χ2v) is 10.7. The largest absolute Gasteiger partial charge is 0.378 e. The van der Waals surface area contributed by atoms with Gasteiger partial charge in [0.1, 0.15) is 0 Å². The van der Waals surface area contributed by atoms with Gasteiger partial charge in [0.2, 0.25) is 0 Å². The van der Waals surface area contributed by atoms with E-state index in [2.05, 4.69) is 171 Å². The van der Waals surface area contributed by atoms with Crippen LogP contribution in [-0.2, 0) is 0 Å². The van der Waals surface area contributed by atoms with Crippen molar-refractivity contribution in [2.24, 2.45) is 0 Å². The standard InChI is InChI=1S/C38H34N2/c1-39(2)31-21-15-29(16-22-31)37(30-17-23-32(24-18-30)40(3)4)38(35-25-19-27-11-7-5-9-13-33(27)35)36-26-20-28-12-8-6-10-14-34(28)36/h5-26H,1-4H3. The third-order valence-electron chi connectivity index (χ3n) is 7.72. The Kier molecular flexibility index (Phi) is 6.84. The summed E-state index contributed by atoms with van der Waals surface area (Å²) in [7, 11) is 8.35. The minimum Gasteiger partial charge on any atom is -0.378 e. The van der Waals surface area contributed by atoms with Crippen molar-refractivity contribution in [2.45, 2.75) is 0 Å². The summed E-state index contributed by atoms with van der Waals surface area (Å²) >= 11 is 0. The maximum atomic E-state index is 2.30. The van der Waals surface area contributed by atoms with Gasteiger partial charge in [-0.15, -0.1) is 0 Å². The molecule has 2 heteroatoms. The fourth-order valence-corrected chi connectivity index (χ4v) is 5.59. The highest BCUT2D eigenvalue weighted by molar-refractivity contribution is 6.10. The van der Waals surface area contributed by atoms with Crippen LogP contribution in [0.2, 0.25) is 0 Å². The zero-order chi connectivity index (χ0) is 27.6. The molecule has 40 heavy (non-hydrogen) atoms. The predicted molar refractivity (Wildman–Crippen MR) is 173 cm³/mol. The van der Waals surface area contributed by atoms with Gasteiger partial charge in [-0.2, -0.15) is 0 Å². The Bertz CT molecular complexity index is 1590. The molecule has 4 aliphatic carbocycles. The Labute approximate surface area is 238 Å². The lowest BCUT2D eigenvalue weighted by atomic mass is 9.84. The van der Waals surface area contributed by atoms with E-state index >= 15 is 0 Å². The summed E-state index contributed by atoms with van der Waals surface area (Å²) in [6.45, 7) is 0. The number of hydrogen-bond acceptors (Lipinski definition) is 2. The summed E-state index contributed by atoms with van der Waals surface area (Å²) in [5.74, 6) is 0. The Balaban J connectivity index is 1.72. The summed E-state index contributed by atoms with van der Waals surface area (Å²) in [4.78, 5) is 4.30. The first-order chi connectivity index (χ1) is 19.5. The Hall–Kier alpha value is -4.82. The van der Waals surface area contributed by atoms with E-state index in [0.717, 1.165) is 0 Å². The highest BCUT2D eigenvalue weighted by Crippen LogP contribution is 2.46. The molecule has 0 amide bonds. The van der Waals surface area contributed by atoms with E-state index in [-0.39, 0.29) is 0 Å². The van der Waals surface area contributed by atoms with Gasteiger partial charge >= 0.3 is 0 Å². The molecular formula is C38H34N2. The van der Waals surface area contributed by atoms with Crippen molar-refractivity contribution in [3.05, 3.63) is 156 Å². The summed E-state index contributed by atoms with van der Waals surface area (Å²) in [5.41, 5.74) is 14.7. The molecule has 2 nitrogen and oxygen atoms in total. The zero-order valence-electron chi connectivity index (χ0n) is 23.6. The van der Waals surface area contributed by atoms with Gasteiger partial charge < -0.3 is 9.80 Å². The molecule has 0 saturated heterocycles. The van der Waals surface area contributed by atoms with Gasteiger partial charge in [-0.1, -0.05) is 109 Å². The first-order valence-corrected chi connectivity index (χ1v) is 13.8. The lowest BCUT2D eigenvalue weighted by Gasteiger charge is -2.21. The van der Waals surface area contributed by atoms with Crippen LogP contribution in [0.3, 0.4) is 0 Å². The number of hydrogen-bond donors (Lipinski definition) is 0. The van der Waals surface area contributed by atoms with Crippen LogP contribution in [0.15, 0.2) is 133 Å². The molecule has 0 N–H and O–H groups in total. The molecule has 0 saturated carbocycles. The van der Waals surface area contributed by atoms with Gasteiger partial charge in [0.15, 0.2) is 0 Å². The predicted octanol–water partition coefficient (Wildman–Crippen LogP) is 9.04. The first kappa shape index (κ1) is 25.5. The highest BCUT2D eigenvalue weighted by atomic mass is 15.1. The maximum absolute atomic E-state index is 2.30. The Morgan fingerprint density at radius 2 is 0.775 bits per heavy atom. The van der Waals surface area contributed by atoms with Crippen molar-refractivity contribution >= 4 is 22.5 Å². The van der Waals surface area contributed by atoms with Crippen molar-refractivity contribution in [3.63, 3.8) is 0 Å². The van der Waals surface area contributed by atoms with Crippen molar-refractivity contribution in [1.29, 1.82) is 0 Å². The number of nitrogens with zero attached hydrogens (tertiary/aromatic N) is 2. The second kappa shape index (κ2) is 10.7. The second-order valence-electron chi connectivity index (χ2n) is 10.7.